The molecule has 0 aromatic heterocycles. The molecule has 2 aliphatic rings. The van der Waals surface area contributed by atoms with Crippen molar-refractivity contribution in [3.05, 3.63) is 53.6 Å². The SMILES string of the molecule is Cc1ccc(S(=O)(=O)N2CCCc3ccc(NC(=O)C(=O)NCCN4CCOCC4)cc32)cc1. The molecule has 1 fully saturated rings. The van der Waals surface area contributed by atoms with Gasteiger partial charge in [-0.3, -0.25) is 18.8 Å². The maximum Gasteiger partial charge on any atom is 0.313 e. The van der Waals surface area contributed by atoms with E-state index >= 15 is 0 Å². The van der Waals surface area contributed by atoms with Crippen molar-refractivity contribution in [2.75, 3.05) is 55.6 Å². The van der Waals surface area contributed by atoms with Crippen LogP contribution in [0.2, 0.25) is 0 Å². The van der Waals surface area contributed by atoms with Crippen LogP contribution >= 0.6 is 0 Å². The molecule has 9 nitrogen and oxygen atoms in total. The van der Waals surface area contributed by atoms with Crippen LogP contribution in [0.5, 0.6) is 0 Å². The number of anilines is 2. The maximum absolute atomic E-state index is 13.3. The number of amides is 2. The van der Waals surface area contributed by atoms with Crippen LogP contribution in [0, 0.1) is 6.92 Å². The summed E-state index contributed by atoms with van der Waals surface area (Å²) in [5.74, 6) is -1.51. The third-order valence-corrected chi connectivity index (χ3v) is 7.88. The average molecular weight is 487 g/mol. The van der Waals surface area contributed by atoms with E-state index < -0.39 is 21.8 Å². The molecule has 0 atom stereocenters. The molecule has 182 valence electrons. The summed E-state index contributed by atoms with van der Waals surface area (Å²) in [4.78, 5) is 27.0. The number of sulfonamides is 1. The molecular formula is C24H30N4O5S. The zero-order valence-electron chi connectivity index (χ0n) is 19.2. The zero-order valence-corrected chi connectivity index (χ0v) is 20.1. The van der Waals surface area contributed by atoms with Gasteiger partial charge in [-0.05, 0) is 49.6 Å². The van der Waals surface area contributed by atoms with Gasteiger partial charge in [-0.25, -0.2) is 8.42 Å². The van der Waals surface area contributed by atoms with Crippen molar-refractivity contribution in [3.8, 4) is 0 Å². The molecule has 10 heteroatoms. The molecule has 0 spiro atoms. The minimum atomic E-state index is -3.75. The number of carbonyl (C=O) groups is 2. The number of hydrogen-bond acceptors (Lipinski definition) is 6. The minimum Gasteiger partial charge on any atom is -0.379 e. The second-order valence-electron chi connectivity index (χ2n) is 8.50. The van der Waals surface area contributed by atoms with Crippen LogP contribution in [0.1, 0.15) is 17.5 Å². The Hall–Kier alpha value is -2.95. The highest BCUT2D eigenvalue weighted by atomic mass is 32.2. The molecular weight excluding hydrogens is 456 g/mol. The molecule has 34 heavy (non-hydrogen) atoms. The molecule has 2 N–H and O–H groups in total. The van der Waals surface area contributed by atoms with Gasteiger partial charge in [0.15, 0.2) is 0 Å². The molecule has 2 heterocycles. The van der Waals surface area contributed by atoms with Crippen LogP contribution in [0.4, 0.5) is 11.4 Å². The molecule has 0 aliphatic carbocycles. The van der Waals surface area contributed by atoms with E-state index in [0.717, 1.165) is 30.6 Å². The summed E-state index contributed by atoms with van der Waals surface area (Å²) >= 11 is 0. The first-order chi connectivity index (χ1) is 16.3. The Bertz CT molecular complexity index is 1140. The van der Waals surface area contributed by atoms with Gasteiger partial charge < -0.3 is 15.4 Å². The van der Waals surface area contributed by atoms with E-state index in [2.05, 4.69) is 15.5 Å². The van der Waals surface area contributed by atoms with E-state index in [0.29, 0.717) is 50.6 Å². The van der Waals surface area contributed by atoms with Crippen LogP contribution in [0.25, 0.3) is 0 Å². The largest absolute Gasteiger partial charge is 0.379 e. The number of hydrogen-bond donors (Lipinski definition) is 2. The first-order valence-corrected chi connectivity index (χ1v) is 12.9. The number of carbonyl (C=O) groups excluding carboxylic acids is 2. The van der Waals surface area contributed by atoms with E-state index in [4.69, 9.17) is 4.74 Å². The number of morpholine rings is 1. The summed E-state index contributed by atoms with van der Waals surface area (Å²) in [6.07, 6.45) is 1.45. The van der Waals surface area contributed by atoms with Crippen molar-refractivity contribution in [3.63, 3.8) is 0 Å². The van der Waals surface area contributed by atoms with Gasteiger partial charge in [0, 0.05) is 38.4 Å². The van der Waals surface area contributed by atoms with Gasteiger partial charge >= 0.3 is 11.8 Å². The van der Waals surface area contributed by atoms with Crippen molar-refractivity contribution in [1.82, 2.24) is 10.2 Å². The van der Waals surface area contributed by atoms with Crippen molar-refractivity contribution >= 4 is 33.2 Å². The molecule has 2 amide bonds. The number of fused-ring (bicyclic) bond motifs is 1. The van der Waals surface area contributed by atoms with Crippen molar-refractivity contribution in [2.24, 2.45) is 0 Å². The topological polar surface area (TPSA) is 108 Å². The summed E-state index contributed by atoms with van der Waals surface area (Å²) in [7, 11) is -3.75. The lowest BCUT2D eigenvalue weighted by atomic mass is 10.0. The van der Waals surface area contributed by atoms with Gasteiger partial charge in [0.25, 0.3) is 10.0 Å². The fraction of sp³-hybridized carbons (Fsp3) is 0.417. The van der Waals surface area contributed by atoms with E-state index in [9.17, 15) is 18.0 Å². The molecule has 0 bridgehead atoms. The van der Waals surface area contributed by atoms with E-state index in [1.807, 2.05) is 6.92 Å². The van der Waals surface area contributed by atoms with Crippen LogP contribution in [-0.2, 0) is 30.8 Å². The fourth-order valence-corrected chi connectivity index (χ4v) is 5.66. The van der Waals surface area contributed by atoms with Gasteiger partial charge in [-0.1, -0.05) is 23.8 Å². The number of rotatable bonds is 6. The van der Waals surface area contributed by atoms with Gasteiger partial charge in [-0.2, -0.15) is 0 Å². The normalized spacial score (nSPS) is 16.6. The Morgan fingerprint density at radius 2 is 1.74 bits per heavy atom. The molecule has 0 unspecified atom stereocenters. The molecule has 2 aromatic carbocycles. The lowest BCUT2D eigenvalue weighted by molar-refractivity contribution is -0.136. The highest BCUT2D eigenvalue weighted by molar-refractivity contribution is 7.92. The minimum absolute atomic E-state index is 0.222. The second-order valence-corrected chi connectivity index (χ2v) is 10.4. The third kappa shape index (κ3) is 5.57. The van der Waals surface area contributed by atoms with Gasteiger partial charge in [0.1, 0.15) is 0 Å². The summed E-state index contributed by atoms with van der Waals surface area (Å²) < 4.78 is 33.3. The zero-order chi connectivity index (χ0) is 24.1. The Balaban J connectivity index is 1.43. The Morgan fingerprint density at radius 3 is 2.47 bits per heavy atom. The smallest absolute Gasteiger partial charge is 0.313 e. The number of benzene rings is 2. The van der Waals surface area contributed by atoms with E-state index in [1.165, 1.54) is 4.31 Å². The van der Waals surface area contributed by atoms with Crippen molar-refractivity contribution in [2.45, 2.75) is 24.7 Å². The van der Waals surface area contributed by atoms with Crippen molar-refractivity contribution in [1.29, 1.82) is 0 Å². The number of aryl methyl sites for hydroxylation is 2. The number of ether oxygens (including phenoxy) is 1. The Kier molecular flexibility index (Phi) is 7.50. The molecule has 0 saturated carbocycles. The summed E-state index contributed by atoms with van der Waals surface area (Å²) in [5, 5.41) is 5.23. The van der Waals surface area contributed by atoms with E-state index in [-0.39, 0.29) is 4.90 Å². The highest BCUT2D eigenvalue weighted by Crippen LogP contribution is 2.34. The third-order valence-electron chi connectivity index (χ3n) is 6.05. The second kappa shape index (κ2) is 10.5. The lowest BCUT2D eigenvalue weighted by Gasteiger charge is -2.31. The first kappa shape index (κ1) is 24.2. The lowest BCUT2D eigenvalue weighted by Crippen LogP contribution is -2.43. The molecule has 1 saturated heterocycles. The molecule has 2 aromatic rings. The highest BCUT2D eigenvalue weighted by Gasteiger charge is 2.29. The van der Waals surface area contributed by atoms with Crippen LogP contribution < -0.4 is 14.9 Å². The monoisotopic (exact) mass is 486 g/mol. The van der Waals surface area contributed by atoms with Crippen LogP contribution in [0.3, 0.4) is 0 Å². The quantitative estimate of drug-likeness (QED) is 0.600. The standard InChI is InChI=1S/C24H30N4O5S/c1-18-4-8-21(9-5-18)34(31,32)28-11-2-3-19-6-7-20(17-22(19)28)26-24(30)23(29)25-10-12-27-13-15-33-16-14-27/h4-9,17H,2-3,10-16H2,1H3,(H,25,29)(H,26,30). The van der Waals surface area contributed by atoms with Crippen LogP contribution in [0.15, 0.2) is 47.4 Å². The summed E-state index contributed by atoms with van der Waals surface area (Å²) in [5.41, 5.74) is 2.76. The van der Waals surface area contributed by atoms with E-state index in [1.54, 1.807) is 42.5 Å². The van der Waals surface area contributed by atoms with Gasteiger partial charge in [-0.15, -0.1) is 0 Å². The van der Waals surface area contributed by atoms with Crippen LogP contribution in [-0.4, -0.2) is 71.1 Å². The Labute approximate surface area is 200 Å². The summed E-state index contributed by atoms with van der Waals surface area (Å²) in [6.45, 7) is 6.21. The van der Waals surface area contributed by atoms with Crippen molar-refractivity contribution < 1.29 is 22.7 Å². The molecule has 4 rings (SSSR count). The summed E-state index contributed by atoms with van der Waals surface area (Å²) in [6, 6.07) is 11.9. The fourth-order valence-electron chi connectivity index (χ4n) is 4.13. The van der Waals surface area contributed by atoms with Gasteiger partial charge in [0.05, 0.1) is 23.8 Å². The number of nitrogens with one attached hydrogen (secondary N) is 2. The predicted molar refractivity (Wildman–Crippen MR) is 129 cm³/mol. The Morgan fingerprint density at radius 1 is 1.00 bits per heavy atom. The average Bonchev–Trinajstić information content (AvgIpc) is 2.84. The maximum atomic E-state index is 13.3. The first-order valence-electron chi connectivity index (χ1n) is 11.5. The molecule has 0 radical (unpaired) electrons. The predicted octanol–water partition coefficient (Wildman–Crippen LogP) is 1.52. The van der Waals surface area contributed by atoms with Gasteiger partial charge in [0.2, 0.25) is 0 Å². The number of nitrogens with zero attached hydrogens (tertiary/aromatic N) is 2. The molecule has 2 aliphatic heterocycles.